The van der Waals surface area contributed by atoms with Crippen molar-refractivity contribution in [1.82, 2.24) is 20.3 Å². The van der Waals surface area contributed by atoms with E-state index in [0.29, 0.717) is 32.0 Å². The highest BCUT2D eigenvalue weighted by atomic mass is 32.2. The van der Waals surface area contributed by atoms with E-state index in [-0.39, 0.29) is 6.04 Å². The van der Waals surface area contributed by atoms with Gasteiger partial charge in [-0.25, -0.2) is 13.1 Å². The topological polar surface area (TPSA) is 85.8 Å². The quantitative estimate of drug-likeness (QED) is 0.326. The van der Waals surface area contributed by atoms with E-state index in [0.717, 1.165) is 43.5 Å². The van der Waals surface area contributed by atoms with Crippen LogP contribution in [0.25, 0.3) is 0 Å². The summed E-state index contributed by atoms with van der Waals surface area (Å²) in [6.45, 7) is 3.13. The molecule has 1 heterocycles. The largest absolute Gasteiger partial charge is 0.416 e. The maximum absolute atomic E-state index is 12.6. The monoisotopic (exact) mass is 435 g/mol. The van der Waals surface area contributed by atoms with E-state index < -0.39 is 21.8 Å². The molecule has 0 radical (unpaired) electrons. The molecule has 164 valence electrons. The molecule has 1 saturated heterocycles. The molecule has 0 bridgehead atoms. The van der Waals surface area contributed by atoms with Crippen molar-refractivity contribution in [3.63, 3.8) is 0 Å². The Morgan fingerprint density at radius 3 is 2.52 bits per heavy atom. The number of rotatable bonds is 8. The van der Waals surface area contributed by atoms with Gasteiger partial charge in [0.2, 0.25) is 10.0 Å². The number of hydrogen-bond acceptors (Lipinski definition) is 4. The number of aliphatic imine (C=N–C) groups is 1. The number of halogens is 3. The molecule has 7 nitrogen and oxygen atoms in total. The lowest BCUT2D eigenvalue weighted by atomic mass is 10.1. The second-order valence-electron chi connectivity index (χ2n) is 7.08. The van der Waals surface area contributed by atoms with Crippen LogP contribution in [0, 0.1) is 0 Å². The fraction of sp³-hybridized carbons (Fsp3) is 0.611. The van der Waals surface area contributed by atoms with Gasteiger partial charge in [-0.3, -0.25) is 9.89 Å². The first-order valence-electron chi connectivity index (χ1n) is 9.37. The van der Waals surface area contributed by atoms with Crippen LogP contribution in [0.5, 0.6) is 0 Å². The molecule has 0 amide bonds. The fourth-order valence-electron chi connectivity index (χ4n) is 3.09. The summed E-state index contributed by atoms with van der Waals surface area (Å²) in [5.41, 5.74) is 0.211. The summed E-state index contributed by atoms with van der Waals surface area (Å²) in [6.07, 6.45) is -1.67. The Balaban J connectivity index is 1.72. The van der Waals surface area contributed by atoms with E-state index >= 15 is 0 Å². The van der Waals surface area contributed by atoms with Crippen LogP contribution in [-0.4, -0.2) is 64.8 Å². The van der Waals surface area contributed by atoms with Crippen LogP contribution in [-0.2, 0) is 22.7 Å². The minimum atomic E-state index is -4.31. The normalized spacial score (nSPS) is 18.8. The Bertz CT molecular complexity index is 782. The van der Waals surface area contributed by atoms with E-state index in [1.54, 1.807) is 7.05 Å². The van der Waals surface area contributed by atoms with Gasteiger partial charge >= 0.3 is 6.18 Å². The van der Waals surface area contributed by atoms with E-state index in [1.807, 2.05) is 0 Å². The van der Waals surface area contributed by atoms with E-state index in [1.165, 1.54) is 12.1 Å². The van der Waals surface area contributed by atoms with Gasteiger partial charge in [0.05, 0.1) is 11.8 Å². The lowest BCUT2D eigenvalue weighted by Crippen LogP contribution is -2.45. The summed E-state index contributed by atoms with van der Waals surface area (Å²) < 4.78 is 62.4. The number of sulfonamides is 1. The highest BCUT2D eigenvalue weighted by Gasteiger charge is 2.30. The molecule has 11 heteroatoms. The van der Waals surface area contributed by atoms with E-state index in [9.17, 15) is 21.6 Å². The summed E-state index contributed by atoms with van der Waals surface area (Å²) >= 11 is 0. The van der Waals surface area contributed by atoms with Gasteiger partial charge in [0.25, 0.3) is 0 Å². The molecule has 1 aromatic carbocycles. The Morgan fingerprint density at radius 1 is 1.24 bits per heavy atom. The summed E-state index contributed by atoms with van der Waals surface area (Å²) in [5, 5.41) is 6.47. The molecule has 3 N–H and O–H groups in total. The Morgan fingerprint density at radius 2 is 1.93 bits per heavy atom. The molecule has 1 unspecified atom stereocenters. The highest BCUT2D eigenvalue weighted by molar-refractivity contribution is 7.88. The average molecular weight is 436 g/mol. The first-order chi connectivity index (χ1) is 13.6. The zero-order valence-electron chi connectivity index (χ0n) is 16.6. The van der Waals surface area contributed by atoms with Crippen LogP contribution in [0.2, 0.25) is 0 Å². The number of guanidine groups is 1. The number of hydrogen-bond donors (Lipinski definition) is 3. The zero-order chi connectivity index (χ0) is 21.5. The average Bonchev–Trinajstić information content (AvgIpc) is 3.06. The van der Waals surface area contributed by atoms with E-state index in [4.69, 9.17) is 0 Å². The molecule has 0 aromatic heterocycles. The van der Waals surface area contributed by atoms with Crippen molar-refractivity contribution in [2.45, 2.75) is 31.6 Å². The highest BCUT2D eigenvalue weighted by Crippen LogP contribution is 2.29. The van der Waals surface area contributed by atoms with Crippen LogP contribution in [0.15, 0.2) is 29.3 Å². The molecule has 1 aliphatic rings. The first-order valence-corrected chi connectivity index (χ1v) is 11.3. The van der Waals surface area contributed by atoms with Gasteiger partial charge in [0.15, 0.2) is 5.96 Å². The SMILES string of the molecule is CN=C(NCCCNS(C)(=O)=O)NC1CCN(Cc2ccc(C(F)(F)F)cc2)C1. The minimum Gasteiger partial charge on any atom is -0.356 e. The van der Waals surface area contributed by atoms with Gasteiger partial charge in [-0.2, -0.15) is 13.2 Å². The third kappa shape index (κ3) is 8.58. The number of nitrogens with zero attached hydrogens (tertiary/aromatic N) is 2. The maximum Gasteiger partial charge on any atom is 0.416 e. The lowest BCUT2D eigenvalue weighted by molar-refractivity contribution is -0.137. The van der Waals surface area contributed by atoms with Gasteiger partial charge < -0.3 is 10.6 Å². The molecule has 29 heavy (non-hydrogen) atoms. The molecular formula is C18H28F3N5O2S. The van der Waals surface area contributed by atoms with Crippen molar-refractivity contribution in [2.75, 3.05) is 39.5 Å². The first kappa shape index (κ1) is 23.4. The molecule has 2 rings (SSSR count). The predicted molar refractivity (Wildman–Crippen MR) is 107 cm³/mol. The summed E-state index contributed by atoms with van der Waals surface area (Å²) in [7, 11) is -1.51. The van der Waals surface area contributed by atoms with Crippen LogP contribution < -0.4 is 15.4 Å². The van der Waals surface area contributed by atoms with E-state index in [2.05, 4.69) is 25.2 Å². The Labute approximate surface area is 169 Å². The third-order valence-electron chi connectivity index (χ3n) is 4.53. The summed E-state index contributed by atoms with van der Waals surface area (Å²) in [6, 6.07) is 5.46. The molecule has 0 saturated carbocycles. The summed E-state index contributed by atoms with van der Waals surface area (Å²) in [5.74, 6) is 0.644. The zero-order valence-corrected chi connectivity index (χ0v) is 17.4. The predicted octanol–water partition coefficient (Wildman–Crippen LogP) is 1.38. The lowest BCUT2D eigenvalue weighted by Gasteiger charge is -2.19. The van der Waals surface area contributed by atoms with Crippen molar-refractivity contribution in [2.24, 2.45) is 4.99 Å². The van der Waals surface area contributed by atoms with Crippen LogP contribution >= 0.6 is 0 Å². The Hall–Kier alpha value is -1.85. The van der Waals surface area contributed by atoms with Gasteiger partial charge in [-0.1, -0.05) is 12.1 Å². The number of nitrogens with one attached hydrogen (secondary N) is 3. The standard InChI is InChI=1S/C18H28F3N5O2S/c1-22-17(23-9-3-10-24-29(2,27)28)25-16-8-11-26(13-16)12-14-4-6-15(7-5-14)18(19,20)21/h4-7,16,24H,3,8-13H2,1-2H3,(H2,22,23,25). The number of alkyl halides is 3. The molecule has 0 spiro atoms. The van der Waals surface area contributed by atoms with Gasteiger partial charge in [0.1, 0.15) is 0 Å². The van der Waals surface area contributed by atoms with Crippen molar-refractivity contribution in [3.05, 3.63) is 35.4 Å². The number of benzene rings is 1. The molecule has 1 atom stereocenters. The van der Waals surface area contributed by atoms with Gasteiger partial charge in [-0.15, -0.1) is 0 Å². The molecule has 1 aliphatic heterocycles. The van der Waals surface area contributed by atoms with Crippen LogP contribution in [0.3, 0.4) is 0 Å². The van der Waals surface area contributed by atoms with Crippen molar-refractivity contribution in [3.8, 4) is 0 Å². The smallest absolute Gasteiger partial charge is 0.356 e. The fourth-order valence-corrected chi connectivity index (χ4v) is 3.61. The van der Waals surface area contributed by atoms with Crippen LogP contribution in [0.4, 0.5) is 13.2 Å². The van der Waals surface area contributed by atoms with Crippen molar-refractivity contribution >= 4 is 16.0 Å². The molecular weight excluding hydrogens is 407 g/mol. The maximum atomic E-state index is 12.6. The number of likely N-dealkylation sites (tertiary alicyclic amines) is 1. The Kier molecular flexibility index (Phi) is 8.29. The van der Waals surface area contributed by atoms with Crippen molar-refractivity contribution < 1.29 is 21.6 Å². The van der Waals surface area contributed by atoms with Crippen molar-refractivity contribution in [1.29, 1.82) is 0 Å². The van der Waals surface area contributed by atoms with Gasteiger partial charge in [-0.05, 0) is 30.5 Å². The molecule has 1 fully saturated rings. The minimum absolute atomic E-state index is 0.185. The third-order valence-corrected chi connectivity index (χ3v) is 5.26. The van der Waals surface area contributed by atoms with Crippen LogP contribution in [0.1, 0.15) is 24.0 Å². The van der Waals surface area contributed by atoms with Gasteiger partial charge in [0, 0.05) is 45.8 Å². The molecule has 1 aromatic rings. The second-order valence-corrected chi connectivity index (χ2v) is 8.91. The molecule has 0 aliphatic carbocycles. The second kappa shape index (κ2) is 10.3. The summed E-state index contributed by atoms with van der Waals surface area (Å²) in [4.78, 5) is 6.35.